The number of nitrogens with one attached hydrogen (secondary N) is 1. The zero-order valence-corrected chi connectivity index (χ0v) is 13.1. The van der Waals surface area contributed by atoms with Gasteiger partial charge >= 0.3 is 0 Å². The van der Waals surface area contributed by atoms with Gasteiger partial charge in [0.2, 0.25) is 0 Å². The van der Waals surface area contributed by atoms with Crippen LogP contribution in [0.15, 0.2) is 30.5 Å². The number of hydrogen-bond donors (Lipinski definition) is 1. The third kappa shape index (κ3) is 3.74. The molecule has 0 amide bonds. The minimum Gasteiger partial charge on any atom is -0.455 e. The molecule has 3 rings (SSSR count). The molecule has 4 heteroatoms. The molecule has 1 heterocycles. The Balaban J connectivity index is 1.85. The van der Waals surface area contributed by atoms with Crippen LogP contribution in [0.2, 0.25) is 5.02 Å². The number of ether oxygens (including phenoxy) is 1. The molecule has 110 valence electrons. The van der Waals surface area contributed by atoms with Crippen molar-refractivity contribution in [2.45, 2.75) is 39.3 Å². The minimum absolute atomic E-state index is 0.621. The van der Waals surface area contributed by atoms with Crippen molar-refractivity contribution in [3.63, 3.8) is 0 Å². The van der Waals surface area contributed by atoms with E-state index in [0.717, 1.165) is 29.1 Å². The third-order valence-corrected chi connectivity index (χ3v) is 3.86. The first-order chi connectivity index (χ1) is 10.1. The van der Waals surface area contributed by atoms with Gasteiger partial charge in [-0.15, -0.1) is 0 Å². The van der Waals surface area contributed by atoms with Crippen LogP contribution in [-0.4, -0.2) is 11.0 Å². The summed E-state index contributed by atoms with van der Waals surface area (Å²) in [6, 6.07) is 8.41. The highest BCUT2D eigenvalue weighted by Crippen LogP contribution is 2.32. The lowest BCUT2D eigenvalue weighted by molar-refractivity contribution is 0.470. The molecule has 1 saturated carbocycles. The van der Waals surface area contributed by atoms with E-state index >= 15 is 0 Å². The molecule has 0 saturated heterocycles. The van der Waals surface area contributed by atoms with Gasteiger partial charge in [-0.25, -0.2) is 0 Å². The quantitative estimate of drug-likeness (QED) is 0.889. The molecule has 2 aromatic rings. The van der Waals surface area contributed by atoms with Gasteiger partial charge in [0.1, 0.15) is 11.5 Å². The maximum Gasteiger partial charge on any atom is 0.146 e. The molecule has 0 radical (unpaired) electrons. The molecule has 1 aromatic heterocycles. The largest absolute Gasteiger partial charge is 0.455 e. The van der Waals surface area contributed by atoms with Crippen LogP contribution in [0.1, 0.15) is 29.7 Å². The molecule has 0 aliphatic heterocycles. The molecule has 0 atom stereocenters. The number of hydrogen-bond acceptors (Lipinski definition) is 3. The summed E-state index contributed by atoms with van der Waals surface area (Å²) in [5.41, 5.74) is 3.12. The zero-order chi connectivity index (χ0) is 14.8. The van der Waals surface area contributed by atoms with Gasteiger partial charge in [-0.3, -0.25) is 4.98 Å². The Morgan fingerprint density at radius 2 is 2.05 bits per heavy atom. The van der Waals surface area contributed by atoms with Crippen molar-refractivity contribution < 1.29 is 4.74 Å². The molecule has 0 spiro atoms. The molecule has 3 nitrogen and oxygen atoms in total. The number of pyridine rings is 1. The maximum absolute atomic E-state index is 6.22. The Bertz CT molecular complexity index is 653. The molecular formula is C17H19ClN2O. The Labute approximate surface area is 130 Å². The van der Waals surface area contributed by atoms with Crippen molar-refractivity contribution in [1.82, 2.24) is 10.3 Å². The van der Waals surface area contributed by atoms with Crippen LogP contribution in [0.5, 0.6) is 11.5 Å². The predicted octanol–water partition coefficient (Wildman–Crippen LogP) is 4.40. The highest BCUT2D eigenvalue weighted by atomic mass is 35.5. The van der Waals surface area contributed by atoms with Crippen LogP contribution in [-0.2, 0) is 6.54 Å². The summed E-state index contributed by atoms with van der Waals surface area (Å²) >= 11 is 6.22. The number of nitrogens with zero attached hydrogens (tertiary/aromatic N) is 1. The fraction of sp³-hybridized carbons (Fsp3) is 0.353. The lowest BCUT2D eigenvalue weighted by Crippen LogP contribution is -2.16. The fourth-order valence-electron chi connectivity index (χ4n) is 2.14. The van der Waals surface area contributed by atoms with Gasteiger partial charge in [0, 0.05) is 36.1 Å². The Kier molecular flexibility index (Phi) is 4.13. The molecule has 1 N–H and O–H groups in total. The van der Waals surface area contributed by atoms with E-state index in [9.17, 15) is 0 Å². The van der Waals surface area contributed by atoms with Gasteiger partial charge in [0.15, 0.2) is 0 Å². The van der Waals surface area contributed by atoms with Crippen LogP contribution in [0, 0.1) is 13.8 Å². The monoisotopic (exact) mass is 302 g/mol. The topological polar surface area (TPSA) is 34.1 Å². The van der Waals surface area contributed by atoms with Crippen LogP contribution in [0.4, 0.5) is 0 Å². The summed E-state index contributed by atoms with van der Waals surface area (Å²) in [5.74, 6) is 1.51. The lowest BCUT2D eigenvalue weighted by atomic mass is 10.2. The molecular weight excluding hydrogens is 284 g/mol. The molecule has 1 aliphatic carbocycles. The van der Waals surface area contributed by atoms with Crippen LogP contribution in [0.3, 0.4) is 0 Å². The van der Waals surface area contributed by atoms with E-state index in [2.05, 4.69) is 10.3 Å². The van der Waals surface area contributed by atoms with E-state index in [1.807, 2.05) is 44.3 Å². The summed E-state index contributed by atoms with van der Waals surface area (Å²) < 4.78 is 6.04. The highest BCUT2D eigenvalue weighted by molar-refractivity contribution is 6.32. The molecule has 1 fully saturated rings. The molecule has 0 unspecified atom stereocenters. The van der Waals surface area contributed by atoms with Crippen LogP contribution < -0.4 is 10.1 Å². The summed E-state index contributed by atoms with van der Waals surface area (Å²) in [5, 5.41) is 4.11. The normalized spacial score (nSPS) is 14.2. The molecule has 1 aliphatic rings. The van der Waals surface area contributed by atoms with E-state index < -0.39 is 0 Å². The standard InChI is InChI=1S/C17H19ClN2O/c1-11-3-6-15(18)17(7-11)21-16-8-12(2)19-9-13(16)10-20-14-4-5-14/h3,6-9,14,20H,4-5,10H2,1-2H3. The first-order valence-electron chi connectivity index (χ1n) is 7.25. The fourth-order valence-corrected chi connectivity index (χ4v) is 2.30. The van der Waals surface area contributed by atoms with Crippen LogP contribution in [0.25, 0.3) is 0 Å². The van der Waals surface area contributed by atoms with E-state index in [0.29, 0.717) is 16.8 Å². The molecule has 0 bridgehead atoms. The summed E-state index contributed by atoms with van der Waals surface area (Å²) in [4.78, 5) is 4.37. The van der Waals surface area contributed by atoms with Crippen molar-refractivity contribution in [2.24, 2.45) is 0 Å². The first kappa shape index (κ1) is 14.4. The Hall–Kier alpha value is -1.58. The number of aromatic nitrogens is 1. The number of benzene rings is 1. The van der Waals surface area contributed by atoms with Crippen molar-refractivity contribution in [2.75, 3.05) is 0 Å². The second-order valence-electron chi connectivity index (χ2n) is 5.62. The van der Waals surface area contributed by atoms with Gasteiger partial charge in [0.05, 0.1) is 5.02 Å². The second-order valence-corrected chi connectivity index (χ2v) is 6.03. The van der Waals surface area contributed by atoms with Crippen molar-refractivity contribution in [3.8, 4) is 11.5 Å². The van der Waals surface area contributed by atoms with Gasteiger partial charge in [-0.1, -0.05) is 17.7 Å². The van der Waals surface area contributed by atoms with Gasteiger partial charge in [-0.05, 0) is 44.4 Å². The van der Waals surface area contributed by atoms with Crippen molar-refractivity contribution in [3.05, 3.63) is 52.3 Å². The maximum atomic E-state index is 6.22. The second kappa shape index (κ2) is 6.04. The van der Waals surface area contributed by atoms with Crippen LogP contribution >= 0.6 is 11.6 Å². The van der Waals surface area contributed by atoms with Gasteiger partial charge < -0.3 is 10.1 Å². The predicted molar refractivity (Wildman–Crippen MR) is 85.1 cm³/mol. The van der Waals surface area contributed by atoms with Gasteiger partial charge in [-0.2, -0.15) is 0 Å². The lowest BCUT2D eigenvalue weighted by Gasteiger charge is -2.13. The summed E-state index contributed by atoms with van der Waals surface area (Å²) in [7, 11) is 0. The average molecular weight is 303 g/mol. The Morgan fingerprint density at radius 3 is 2.81 bits per heavy atom. The number of halogens is 1. The van der Waals surface area contributed by atoms with Crippen molar-refractivity contribution in [1.29, 1.82) is 0 Å². The van der Waals surface area contributed by atoms with E-state index in [4.69, 9.17) is 16.3 Å². The Morgan fingerprint density at radius 1 is 1.24 bits per heavy atom. The number of rotatable bonds is 5. The highest BCUT2D eigenvalue weighted by Gasteiger charge is 2.21. The summed E-state index contributed by atoms with van der Waals surface area (Å²) in [6.07, 6.45) is 4.40. The van der Waals surface area contributed by atoms with E-state index in [1.54, 1.807) is 0 Å². The first-order valence-corrected chi connectivity index (χ1v) is 7.62. The smallest absolute Gasteiger partial charge is 0.146 e. The summed E-state index contributed by atoms with van der Waals surface area (Å²) in [6.45, 7) is 4.76. The third-order valence-electron chi connectivity index (χ3n) is 3.55. The zero-order valence-electron chi connectivity index (χ0n) is 12.3. The molecule has 1 aromatic carbocycles. The average Bonchev–Trinajstić information content (AvgIpc) is 3.26. The van der Waals surface area contributed by atoms with E-state index in [-0.39, 0.29) is 0 Å². The van der Waals surface area contributed by atoms with Gasteiger partial charge in [0.25, 0.3) is 0 Å². The van der Waals surface area contributed by atoms with E-state index in [1.165, 1.54) is 12.8 Å². The number of aryl methyl sites for hydroxylation is 2. The van der Waals surface area contributed by atoms with Crippen molar-refractivity contribution >= 4 is 11.6 Å². The minimum atomic E-state index is 0.621. The SMILES string of the molecule is Cc1ccc(Cl)c(Oc2cc(C)ncc2CNC2CC2)c1. The molecule has 21 heavy (non-hydrogen) atoms.